The number of H-pyrrole nitrogens is 1. The van der Waals surface area contributed by atoms with Crippen LogP contribution in [0.15, 0.2) is 60.8 Å². The second-order valence-corrected chi connectivity index (χ2v) is 9.43. The van der Waals surface area contributed by atoms with E-state index in [9.17, 15) is 9.59 Å². The molecule has 2 saturated heterocycles. The normalized spacial score (nSPS) is 22.4. The number of amides is 2. The standard InChI is InChI=1S/C26H31N5O2/c1-18(2)25-26(33)29(15-21-11-7-10-20-12-13-27-24(20)21)16-22-28(3)30(17-23(32)31(22)25)14-19-8-5-4-6-9-19/h4-13,18,22,25,27H,14-17H2,1-3H3/t22-,25+/m1/s1. The van der Waals surface area contributed by atoms with Crippen molar-refractivity contribution in [2.45, 2.75) is 39.1 Å². The minimum atomic E-state index is -0.458. The van der Waals surface area contributed by atoms with Crippen molar-refractivity contribution >= 4 is 22.7 Å². The first kappa shape index (κ1) is 21.7. The van der Waals surface area contributed by atoms with Gasteiger partial charge >= 0.3 is 0 Å². The molecule has 3 heterocycles. The number of para-hydroxylation sites is 1. The van der Waals surface area contributed by atoms with Gasteiger partial charge in [-0.25, -0.2) is 10.0 Å². The number of aromatic amines is 1. The molecular formula is C26H31N5O2. The Morgan fingerprint density at radius 2 is 1.79 bits per heavy atom. The molecule has 0 radical (unpaired) electrons. The van der Waals surface area contributed by atoms with Crippen LogP contribution in [-0.2, 0) is 22.7 Å². The monoisotopic (exact) mass is 445 g/mol. The van der Waals surface area contributed by atoms with Crippen LogP contribution < -0.4 is 0 Å². The van der Waals surface area contributed by atoms with Crippen molar-refractivity contribution in [3.63, 3.8) is 0 Å². The van der Waals surface area contributed by atoms with Crippen LogP contribution in [0.1, 0.15) is 25.0 Å². The predicted molar refractivity (Wildman–Crippen MR) is 128 cm³/mol. The Bertz CT molecular complexity index is 1160. The smallest absolute Gasteiger partial charge is 0.246 e. The van der Waals surface area contributed by atoms with Crippen molar-refractivity contribution < 1.29 is 9.59 Å². The number of fused-ring (bicyclic) bond motifs is 2. The number of piperazine rings is 1. The van der Waals surface area contributed by atoms with E-state index in [4.69, 9.17) is 0 Å². The van der Waals surface area contributed by atoms with Crippen LogP contribution in [0.2, 0.25) is 0 Å². The number of nitrogens with one attached hydrogen (secondary N) is 1. The topological polar surface area (TPSA) is 62.9 Å². The molecule has 172 valence electrons. The van der Waals surface area contributed by atoms with Crippen molar-refractivity contribution in [2.75, 3.05) is 20.1 Å². The molecule has 0 aliphatic carbocycles. The lowest BCUT2D eigenvalue weighted by molar-refractivity contribution is -0.202. The molecule has 1 aromatic heterocycles. The maximum absolute atomic E-state index is 13.6. The quantitative estimate of drug-likeness (QED) is 0.656. The van der Waals surface area contributed by atoms with Gasteiger partial charge in [0.15, 0.2) is 0 Å². The number of carbonyl (C=O) groups excluding carboxylic acids is 2. The van der Waals surface area contributed by atoms with Crippen molar-refractivity contribution in [3.8, 4) is 0 Å². The highest BCUT2D eigenvalue weighted by Crippen LogP contribution is 2.31. The summed E-state index contributed by atoms with van der Waals surface area (Å²) in [5.41, 5.74) is 3.31. The van der Waals surface area contributed by atoms with Gasteiger partial charge in [0, 0.05) is 26.3 Å². The zero-order valence-corrected chi connectivity index (χ0v) is 19.4. The molecule has 5 rings (SSSR count). The van der Waals surface area contributed by atoms with Crippen LogP contribution in [0, 0.1) is 5.92 Å². The van der Waals surface area contributed by atoms with E-state index in [1.54, 1.807) is 0 Å². The molecule has 0 unspecified atom stereocenters. The minimum absolute atomic E-state index is 0.0206. The van der Waals surface area contributed by atoms with Crippen LogP contribution in [-0.4, -0.2) is 69.0 Å². The van der Waals surface area contributed by atoms with Gasteiger partial charge in [-0.3, -0.25) is 9.59 Å². The summed E-state index contributed by atoms with van der Waals surface area (Å²) in [4.78, 5) is 34.0. The second-order valence-electron chi connectivity index (χ2n) is 9.43. The molecule has 0 saturated carbocycles. The lowest BCUT2D eigenvalue weighted by Crippen LogP contribution is -2.74. The number of carbonyl (C=O) groups is 2. The van der Waals surface area contributed by atoms with Crippen molar-refractivity contribution in [1.82, 2.24) is 24.8 Å². The first-order valence-electron chi connectivity index (χ1n) is 11.6. The van der Waals surface area contributed by atoms with E-state index in [2.05, 4.69) is 39.3 Å². The van der Waals surface area contributed by atoms with Crippen LogP contribution in [0.4, 0.5) is 0 Å². The Morgan fingerprint density at radius 1 is 1.00 bits per heavy atom. The van der Waals surface area contributed by atoms with Crippen LogP contribution in [0.3, 0.4) is 0 Å². The van der Waals surface area contributed by atoms with Crippen LogP contribution in [0.25, 0.3) is 10.9 Å². The summed E-state index contributed by atoms with van der Waals surface area (Å²) in [7, 11) is 2.03. The van der Waals surface area contributed by atoms with E-state index in [-0.39, 0.29) is 30.4 Å². The number of benzene rings is 2. The molecule has 33 heavy (non-hydrogen) atoms. The number of hydrogen-bond acceptors (Lipinski definition) is 4. The lowest BCUT2D eigenvalue weighted by Gasteiger charge is -2.55. The zero-order valence-electron chi connectivity index (χ0n) is 19.4. The molecule has 7 nitrogen and oxygen atoms in total. The van der Waals surface area contributed by atoms with E-state index in [0.717, 1.165) is 22.0 Å². The highest BCUT2D eigenvalue weighted by Gasteiger charge is 2.49. The summed E-state index contributed by atoms with van der Waals surface area (Å²) in [6.45, 7) is 5.99. The number of nitrogens with zero attached hydrogens (tertiary/aromatic N) is 4. The predicted octanol–water partition coefficient (Wildman–Crippen LogP) is 3.05. The molecule has 0 bridgehead atoms. The summed E-state index contributed by atoms with van der Waals surface area (Å²) in [6, 6.07) is 18.0. The van der Waals surface area contributed by atoms with E-state index < -0.39 is 6.04 Å². The van der Waals surface area contributed by atoms with Gasteiger partial charge in [-0.2, -0.15) is 0 Å². The molecule has 2 fully saturated rings. The van der Waals surface area contributed by atoms with Gasteiger partial charge in [0.25, 0.3) is 0 Å². The molecule has 2 aliphatic rings. The van der Waals surface area contributed by atoms with E-state index in [1.807, 2.05) is 67.2 Å². The number of aromatic nitrogens is 1. The molecule has 7 heteroatoms. The molecule has 2 amide bonds. The van der Waals surface area contributed by atoms with Gasteiger partial charge in [0.1, 0.15) is 12.2 Å². The summed E-state index contributed by atoms with van der Waals surface area (Å²) in [5.74, 6) is 0.0809. The van der Waals surface area contributed by atoms with Crippen molar-refractivity contribution in [2.24, 2.45) is 5.92 Å². The average molecular weight is 446 g/mol. The van der Waals surface area contributed by atoms with Crippen molar-refractivity contribution in [3.05, 3.63) is 71.9 Å². The molecular weight excluding hydrogens is 414 g/mol. The molecule has 2 atom stereocenters. The highest BCUT2D eigenvalue weighted by molar-refractivity contribution is 5.91. The fourth-order valence-electron chi connectivity index (χ4n) is 5.22. The Morgan fingerprint density at radius 3 is 2.55 bits per heavy atom. The Balaban J connectivity index is 1.44. The number of rotatable bonds is 5. The Kier molecular flexibility index (Phi) is 5.68. The maximum atomic E-state index is 13.6. The fourth-order valence-corrected chi connectivity index (χ4v) is 5.22. The van der Waals surface area contributed by atoms with E-state index >= 15 is 0 Å². The third-order valence-electron chi connectivity index (χ3n) is 6.93. The zero-order chi connectivity index (χ0) is 23.1. The number of hydrazine groups is 1. The summed E-state index contributed by atoms with van der Waals surface area (Å²) in [6.07, 6.45) is 1.74. The molecule has 2 aliphatic heterocycles. The SMILES string of the molecule is CC(C)[C@H]1C(=O)N(Cc2cccc3cc[nH]c23)C[C@H]2N1C(=O)CN(Cc1ccccc1)N2C. The van der Waals surface area contributed by atoms with E-state index in [1.165, 1.54) is 0 Å². The second kappa shape index (κ2) is 8.65. The summed E-state index contributed by atoms with van der Waals surface area (Å²) < 4.78 is 0. The van der Waals surface area contributed by atoms with Gasteiger partial charge in [0.2, 0.25) is 11.8 Å². The molecule has 1 N–H and O–H groups in total. The highest BCUT2D eigenvalue weighted by atomic mass is 16.2. The van der Waals surface area contributed by atoms with Gasteiger partial charge in [0.05, 0.1) is 18.6 Å². The Hall–Kier alpha value is -3.16. The van der Waals surface area contributed by atoms with Crippen LogP contribution in [0.5, 0.6) is 0 Å². The summed E-state index contributed by atoms with van der Waals surface area (Å²) in [5, 5.41) is 5.38. The van der Waals surface area contributed by atoms with Crippen LogP contribution >= 0.6 is 0 Å². The first-order chi connectivity index (χ1) is 15.9. The first-order valence-corrected chi connectivity index (χ1v) is 11.6. The Labute approximate surface area is 194 Å². The molecule has 3 aromatic rings. The van der Waals surface area contributed by atoms with Gasteiger partial charge in [-0.05, 0) is 28.5 Å². The number of hydrogen-bond donors (Lipinski definition) is 1. The number of likely N-dealkylation sites (N-methyl/N-ethyl adjacent to an activating group) is 1. The van der Waals surface area contributed by atoms with Crippen molar-refractivity contribution in [1.29, 1.82) is 0 Å². The maximum Gasteiger partial charge on any atom is 0.246 e. The van der Waals surface area contributed by atoms with Gasteiger partial charge in [-0.1, -0.05) is 62.4 Å². The average Bonchev–Trinajstić information content (AvgIpc) is 3.28. The third-order valence-corrected chi connectivity index (χ3v) is 6.93. The lowest BCUT2D eigenvalue weighted by atomic mass is 9.95. The fraction of sp³-hybridized carbons (Fsp3) is 0.385. The molecule has 2 aromatic carbocycles. The third kappa shape index (κ3) is 3.92. The van der Waals surface area contributed by atoms with Gasteiger partial charge < -0.3 is 14.8 Å². The van der Waals surface area contributed by atoms with E-state index in [0.29, 0.717) is 19.6 Å². The summed E-state index contributed by atoms with van der Waals surface area (Å²) >= 11 is 0. The molecule has 0 spiro atoms. The largest absolute Gasteiger partial charge is 0.361 e. The minimum Gasteiger partial charge on any atom is -0.361 e. The van der Waals surface area contributed by atoms with Gasteiger partial charge in [-0.15, -0.1) is 0 Å².